The second-order valence-corrected chi connectivity index (χ2v) is 4.29. The molecule has 0 saturated carbocycles. The lowest BCUT2D eigenvalue weighted by Crippen LogP contribution is -2.44. The molecule has 0 heterocycles. The molecule has 0 aromatic rings. The molecule has 1 amide bonds. The number of methoxy groups -OCH3 is 1. The number of ether oxygens (including phenoxy) is 2. The minimum atomic E-state index is -0.560. The van der Waals surface area contributed by atoms with Gasteiger partial charge in [0.25, 0.3) is 0 Å². The van der Waals surface area contributed by atoms with Crippen LogP contribution < -0.4 is 5.32 Å². The molecule has 0 aliphatic heterocycles. The van der Waals surface area contributed by atoms with Crippen LogP contribution in [-0.4, -0.2) is 38.2 Å². The Labute approximate surface area is 103 Å². The molecule has 1 unspecified atom stereocenters. The van der Waals surface area contributed by atoms with Crippen molar-refractivity contribution in [3.63, 3.8) is 0 Å². The van der Waals surface area contributed by atoms with E-state index in [1.54, 1.807) is 7.11 Å². The first kappa shape index (κ1) is 15.9. The van der Waals surface area contributed by atoms with Crippen molar-refractivity contribution in [3.8, 4) is 0 Å². The number of rotatable bonds is 8. The molecule has 0 saturated heterocycles. The van der Waals surface area contributed by atoms with E-state index in [4.69, 9.17) is 9.47 Å². The number of hydrogen-bond donors (Lipinski definition) is 1. The number of unbranched alkanes of at least 4 members (excludes halogenated alkanes) is 1. The van der Waals surface area contributed by atoms with Gasteiger partial charge >= 0.3 is 5.97 Å². The number of carbonyl (C=O) groups excluding carboxylic acids is 2. The Kier molecular flexibility index (Phi) is 8.40. The van der Waals surface area contributed by atoms with Crippen LogP contribution in [0.3, 0.4) is 0 Å². The first-order valence-corrected chi connectivity index (χ1v) is 5.91. The van der Waals surface area contributed by atoms with Gasteiger partial charge < -0.3 is 14.8 Å². The summed E-state index contributed by atoms with van der Waals surface area (Å²) < 4.78 is 9.99. The number of nitrogens with one attached hydrogen (secondary N) is 1. The fourth-order valence-electron chi connectivity index (χ4n) is 1.33. The summed E-state index contributed by atoms with van der Waals surface area (Å²) in [4.78, 5) is 22.6. The van der Waals surface area contributed by atoms with Gasteiger partial charge in [0.15, 0.2) is 0 Å². The van der Waals surface area contributed by atoms with Gasteiger partial charge in [-0.1, -0.05) is 13.8 Å². The topological polar surface area (TPSA) is 64.6 Å². The molecule has 5 nitrogen and oxygen atoms in total. The molecule has 0 bridgehead atoms. The zero-order valence-corrected chi connectivity index (χ0v) is 11.1. The first-order valence-electron chi connectivity index (χ1n) is 5.91. The van der Waals surface area contributed by atoms with Crippen molar-refractivity contribution in [1.29, 1.82) is 0 Å². The smallest absolute Gasteiger partial charge is 0.328 e. The molecule has 0 aliphatic rings. The van der Waals surface area contributed by atoms with Gasteiger partial charge in [-0.3, -0.25) is 4.79 Å². The summed E-state index contributed by atoms with van der Waals surface area (Å²) in [5, 5.41) is 2.59. The predicted molar refractivity (Wildman–Crippen MR) is 64.5 cm³/mol. The summed E-state index contributed by atoms with van der Waals surface area (Å²) in [5.74, 6) is -0.571. The number of esters is 1. The van der Waals surface area contributed by atoms with Crippen LogP contribution in [0.1, 0.15) is 33.6 Å². The SMILES string of the molecule is COCCCCOC(=O)C(NC(C)=O)C(C)C. The molecule has 100 valence electrons. The van der Waals surface area contributed by atoms with Crippen molar-refractivity contribution in [1.82, 2.24) is 5.32 Å². The van der Waals surface area contributed by atoms with Crippen LogP contribution in [0, 0.1) is 5.92 Å². The fourth-order valence-corrected chi connectivity index (χ4v) is 1.33. The van der Waals surface area contributed by atoms with Crippen LogP contribution in [0.4, 0.5) is 0 Å². The van der Waals surface area contributed by atoms with Gasteiger partial charge in [0.1, 0.15) is 6.04 Å². The highest BCUT2D eigenvalue weighted by atomic mass is 16.5. The summed E-state index contributed by atoms with van der Waals surface area (Å²) in [6, 6.07) is -0.560. The predicted octanol–water partition coefficient (Wildman–Crippen LogP) is 1.12. The standard InChI is InChI=1S/C12H23NO4/c1-9(2)11(13-10(3)14)12(15)17-8-6-5-7-16-4/h9,11H,5-8H2,1-4H3,(H,13,14). The fraction of sp³-hybridized carbons (Fsp3) is 0.833. The average Bonchev–Trinajstić information content (AvgIpc) is 2.24. The van der Waals surface area contributed by atoms with Crippen molar-refractivity contribution in [2.45, 2.75) is 39.7 Å². The van der Waals surface area contributed by atoms with E-state index in [2.05, 4.69) is 5.32 Å². The van der Waals surface area contributed by atoms with Gasteiger partial charge in [-0.25, -0.2) is 4.79 Å². The molecular weight excluding hydrogens is 222 g/mol. The van der Waals surface area contributed by atoms with Crippen molar-refractivity contribution in [2.24, 2.45) is 5.92 Å². The van der Waals surface area contributed by atoms with Gasteiger partial charge in [-0.15, -0.1) is 0 Å². The second-order valence-electron chi connectivity index (χ2n) is 4.29. The van der Waals surface area contributed by atoms with Crippen LogP contribution in [0.2, 0.25) is 0 Å². The minimum absolute atomic E-state index is 0.0189. The molecule has 0 aliphatic carbocycles. The van der Waals surface area contributed by atoms with Gasteiger partial charge in [0, 0.05) is 20.6 Å². The van der Waals surface area contributed by atoms with E-state index in [-0.39, 0.29) is 17.8 Å². The minimum Gasteiger partial charge on any atom is -0.464 e. The molecule has 17 heavy (non-hydrogen) atoms. The van der Waals surface area contributed by atoms with E-state index in [0.717, 1.165) is 12.8 Å². The Morgan fingerprint density at radius 1 is 1.18 bits per heavy atom. The Morgan fingerprint density at radius 3 is 2.24 bits per heavy atom. The molecule has 0 aromatic heterocycles. The van der Waals surface area contributed by atoms with Crippen LogP contribution in [-0.2, 0) is 19.1 Å². The highest BCUT2D eigenvalue weighted by molar-refractivity contribution is 5.83. The van der Waals surface area contributed by atoms with E-state index < -0.39 is 6.04 Å². The molecule has 0 radical (unpaired) electrons. The van der Waals surface area contributed by atoms with Crippen molar-refractivity contribution >= 4 is 11.9 Å². The summed E-state index contributed by atoms with van der Waals surface area (Å²) in [6.45, 7) is 6.16. The monoisotopic (exact) mass is 245 g/mol. The summed E-state index contributed by atoms with van der Waals surface area (Å²) >= 11 is 0. The van der Waals surface area contributed by atoms with Crippen LogP contribution >= 0.6 is 0 Å². The van der Waals surface area contributed by atoms with Crippen LogP contribution in [0.5, 0.6) is 0 Å². The van der Waals surface area contributed by atoms with E-state index in [0.29, 0.717) is 13.2 Å². The Morgan fingerprint density at radius 2 is 1.76 bits per heavy atom. The zero-order chi connectivity index (χ0) is 13.3. The molecule has 0 fully saturated rings. The van der Waals surface area contributed by atoms with E-state index in [9.17, 15) is 9.59 Å². The van der Waals surface area contributed by atoms with Crippen molar-refractivity contribution < 1.29 is 19.1 Å². The summed E-state index contributed by atoms with van der Waals surface area (Å²) in [5.41, 5.74) is 0. The average molecular weight is 245 g/mol. The largest absolute Gasteiger partial charge is 0.464 e. The zero-order valence-electron chi connectivity index (χ0n) is 11.1. The molecular formula is C12H23NO4. The third-order valence-electron chi connectivity index (χ3n) is 2.27. The van der Waals surface area contributed by atoms with E-state index in [1.165, 1.54) is 6.92 Å². The lowest BCUT2D eigenvalue weighted by molar-refractivity contribution is -0.149. The Hall–Kier alpha value is -1.10. The Balaban J connectivity index is 3.94. The molecule has 0 spiro atoms. The number of carbonyl (C=O) groups is 2. The van der Waals surface area contributed by atoms with E-state index in [1.807, 2.05) is 13.8 Å². The maximum absolute atomic E-state index is 11.7. The Bertz CT molecular complexity index is 241. The quantitative estimate of drug-likeness (QED) is 0.514. The summed E-state index contributed by atoms with van der Waals surface area (Å²) in [7, 11) is 1.64. The molecule has 5 heteroatoms. The highest BCUT2D eigenvalue weighted by Gasteiger charge is 2.24. The number of hydrogen-bond acceptors (Lipinski definition) is 4. The van der Waals surface area contributed by atoms with Crippen LogP contribution in [0.25, 0.3) is 0 Å². The summed E-state index contributed by atoms with van der Waals surface area (Å²) in [6.07, 6.45) is 1.63. The third kappa shape index (κ3) is 7.74. The van der Waals surface area contributed by atoms with Gasteiger partial charge in [0.2, 0.25) is 5.91 Å². The first-order chi connectivity index (χ1) is 7.99. The highest BCUT2D eigenvalue weighted by Crippen LogP contribution is 2.04. The second kappa shape index (κ2) is 8.98. The third-order valence-corrected chi connectivity index (χ3v) is 2.27. The molecule has 0 rings (SSSR count). The number of amides is 1. The maximum atomic E-state index is 11.7. The maximum Gasteiger partial charge on any atom is 0.328 e. The van der Waals surface area contributed by atoms with Gasteiger partial charge in [0.05, 0.1) is 6.61 Å². The lowest BCUT2D eigenvalue weighted by Gasteiger charge is -2.19. The molecule has 1 N–H and O–H groups in total. The van der Waals surface area contributed by atoms with Crippen molar-refractivity contribution in [3.05, 3.63) is 0 Å². The van der Waals surface area contributed by atoms with Crippen LogP contribution in [0.15, 0.2) is 0 Å². The molecule has 0 aromatic carbocycles. The van der Waals surface area contributed by atoms with Gasteiger partial charge in [-0.2, -0.15) is 0 Å². The van der Waals surface area contributed by atoms with E-state index >= 15 is 0 Å². The normalized spacial score (nSPS) is 12.3. The lowest BCUT2D eigenvalue weighted by atomic mass is 10.0. The van der Waals surface area contributed by atoms with Crippen molar-refractivity contribution in [2.75, 3.05) is 20.3 Å². The molecule has 1 atom stereocenters. The van der Waals surface area contributed by atoms with Gasteiger partial charge in [-0.05, 0) is 18.8 Å².